The van der Waals surface area contributed by atoms with Gasteiger partial charge in [-0.15, -0.1) is 11.3 Å². The van der Waals surface area contributed by atoms with E-state index in [1.165, 1.54) is 28.9 Å². The van der Waals surface area contributed by atoms with Crippen LogP contribution in [0.4, 0.5) is 0 Å². The summed E-state index contributed by atoms with van der Waals surface area (Å²) >= 11 is 1.28. The fraction of sp³-hybridized carbons (Fsp3) is 0.529. The zero-order chi connectivity index (χ0) is 17.6. The topological polar surface area (TPSA) is 76.9 Å². The molecule has 1 N–H and O–H groups in total. The quantitative estimate of drug-likeness (QED) is 0.922. The van der Waals surface area contributed by atoms with Gasteiger partial charge >= 0.3 is 0 Å². The summed E-state index contributed by atoms with van der Waals surface area (Å²) in [6.45, 7) is 7.58. The molecule has 1 aliphatic carbocycles. The average molecular weight is 346 g/mol. The molecule has 1 atom stereocenters. The van der Waals surface area contributed by atoms with E-state index in [1.807, 2.05) is 27.7 Å². The molecule has 1 saturated carbocycles. The van der Waals surface area contributed by atoms with Crippen molar-refractivity contribution >= 4 is 17.2 Å². The molecule has 0 radical (unpaired) electrons. The number of rotatable bonds is 4. The lowest BCUT2D eigenvalue weighted by atomic mass is 10.1. The molecule has 0 aliphatic heterocycles. The van der Waals surface area contributed by atoms with Crippen LogP contribution in [0.3, 0.4) is 0 Å². The third kappa shape index (κ3) is 3.00. The van der Waals surface area contributed by atoms with Gasteiger partial charge in [-0.2, -0.15) is 5.10 Å². The van der Waals surface area contributed by atoms with Crippen LogP contribution in [0, 0.1) is 26.7 Å². The van der Waals surface area contributed by atoms with Crippen molar-refractivity contribution in [2.75, 3.05) is 0 Å². The first-order chi connectivity index (χ1) is 11.3. The van der Waals surface area contributed by atoms with E-state index in [2.05, 4.69) is 15.4 Å². The molecule has 0 spiro atoms. The van der Waals surface area contributed by atoms with Crippen LogP contribution in [0.1, 0.15) is 46.4 Å². The second kappa shape index (κ2) is 6.12. The monoisotopic (exact) mass is 346 g/mol. The third-order valence-electron chi connectivity index (χ3n) is 4.63. The Bertz CT molecular complexity index is 864. The second-order valence-corrected chi connectivity index (χ2v) is 7.55. The maximum Gasteiger partial charge on any atom is 0.277 e. The molecule has 2 aromatic heterocycles. The van der Waals surface area contributed by atoms with Gasteiger partial charge in [0.25, 0.3) is 11.5 Å². The molecular weight excluding hydrogens is 324 g/mol. The Labute approximate surface area is 144 Å². The smallest absolute Gasteiger partial charge is 0.277 e. The summed E-state index contributed by atoms with van der Waals surface area (Å²) in [6.07, 6.45) is 2.36. The number of aryl methyl sites for hydroxylation is 3. The number of aromatic nitrogens is 3. The van der Waals surface area contributed by atoms with Gasteiger partial charge in [0.05, 0.1) is 17.0 Å². The Balaban J connectivity index is 1.97. The molecule has 6 nitrogen and oxygen atoms in total. The molecule has 3 rings (SSSR count). The number of hydrogen-bond acceptors (Lipinski definition) is 5. The number of nitrogens with zero attached hydrogens (tertiary/aromatic N) is 3. The molecule has 128 valence electrons. The molecule has 1 aliphatic rings. The Morgan fingerprint density at radius 2 is 1.96 bits per heavy atom. The number of thiazole rings is 1. The Hall–Kier alpha value is -2.02. The van der Waals surface area contributed by atoms with E-state index in [1.54, 1.807) is 7.05 Å². The molecule has 0 bridgehead atoms. The number of hydrogen-bond donors (Lipinski definition) is 1. The highest BCUT2D eigenvalue weighted by atomic mass is 32.1. The first kappa shape index (κ1) is 16.8. The first-order valence-corrected chi connectivity index (χ1v) is 8.94. The molecule has 24 heavy (non-hydrogen) atoms. The number of amides is 1. The SMILES string of the molecule is Cc1nc(-c2c(C)c(C)nn(C)c2=O)sc1C(=O)N[C@H](C)C1CC1. The molecule has 1 fully saturated rings. The van der Waals surface area contributed by atoms with Crippen molar-refractivity contribution in [3.05, 3.63) is 32.2 Å². The summed E-state index contributed by atoms with van der Waals surface area (Å²) in [5, 5.41) is 7.83. The van der Waals surface area contributed by atoms with E-state index in [0.29, 0.717) is 27.1 Å². The fourth-order valence-electron chi connectivity index (χ4n) is 2.80. The van der Waals surface area contributed by atoms with Crippen molar-refractivity contribution in [1.29, 1.82) is 0 Å². The summed E-state index contributed by atoms with van der Waals surface area (Å²) in [6, 6.07) is 0.181. The number of carbonyl (C=O) groups excluding carboxylic acids is 1. The highest BCUT2D eigenvalue weighted by Gasteiger charge is 2.30. The molecule has 0 saturated heterocycles. The zero-order valence-corrected chi connectivity index (χ0v) is 15.5. The van der Waals surface area contributed by atoms with Crippen LogP contribution < -0.4 is 10.9 Å². The Morgan fingerprint density at radius 1 is 1.29 bits per heavy atom. The van der Waals surface area contributed by atoms with Crippen molar-refractivity contribution in [1.82, 2.24) is 20.1 Å². The lowest BCUT2D eigenvalue weighted by Gasteiger charge is -2.11. The Morgan fingerprint density at radius 3 is 2.58 bits per heavy atom. The third-order valence-corrected chi connectivity index (χ3v) is 5.80. The maximum absolute atomic E-state index is 12.5. The van der Waals surface area contributed by atoms with Crippen LogP contribution >= 0.6 is 11.3 Å². The van der Waals surface area contributed by atoms with Gasteiger partial charge in [-0.3, -0.25) is 9.59 Å². The van der Waals surface area contributed by atoms with Crippen LogP contribution in [0.15, 0.2) is 4.79 Å². The van der Waals surface area contributed by atoms with Crippen LogP contribution in [0.2, 0.25) is 0 Å². The van der Waals surface area contributed by atoms with Gasteiger partial charge in [0.2, 0.25) is 0 Å². The van der Waals surface area contributed by atoms with E-state index < -0.39 is 0 Å². The predicted molar refractivity (Wildman–Crippen MR) is 94.4 cm³/mol. The fourth-order valence-corrected chi connectivity index (χ4v) is 3.86. The summed E-state index contributed by atoms with van der Waals surface area (Å²) in [4.78, 5) is 30.1. The number of nitrogens with one attached hydrogen (secondary N) is 1. The van der Waals surface area contributed by atoms with Crippen LogP contribution in [0.5, 0.6) is 0 Å². The maximum atomic E-state index is 12.5. The molecule has 0 aromatic carbocycles. The molecule has 2 aromatic rings. The summed E-state index contributed by atoms with van der Waals surface area (Å²) in [7, 11) is 1.63. The number of carbonyl (C=O) groups is 1. The van der Waals surface area contributed by atoms with E-state index in [0.717, 1.165) is 11.3 Å². The van der Waals surface area contributed by atoms with Crippen LogP contribution in [0.25, 0.3) is 10.6 Å². The highest BCUT2D eigenvalue weighted by Crippen LogP contribution is 2.33. The molecule has 2 heterocycles. The Kier molecular flexibility index (Phi) is 4.29. The van der Waals surface area contributed by atoms with Crippen molar-refractivity contribution in [3.8, 4) is 10.6 Å². The van der Waals surface area contributed by atoms with E-state index >= 15 is 0 Å². The van der Waals surface area contributed by atoms with Gasteiger partial charge in [-0.1, -0.05) is 0 Å². The van der Waals surface area contributed by atoms with E-state index in [4.69, 9.17) is 0 Å². The van der Waals surface area contributed by atoms with E-state index in [9.17, 15) is 9.59 Å². The molecule has 0 unspecified atom stereocenters. The normalized spacial score (nSPS) is 15.4. The average Bonchev–Trinajstić information content (AvgIpc) is 3.29. The van der Waals surface area contributed by atoms with Crippen molar-refractivity contribution in [3.63, 3.8) is 0 Å². The molecular formula is C17H22N4O2S. The first-order valence-electron chi connectivity index (χ1n) is 8.12. The minimum atomic E-state index is -0.190. The van der Waals surface area contributed by atoms with Crippen molar-refractivity contribution in [2.45, 2.75) is 46.6 Å². The summed E-state index contributed by atoms with van der Waals surface area (Å²) in [5.74, 6) is 0.495. The van der Waals surface area contributed by atoms with Crippen LogP contribution in [-0.4, -0.2) is 26.7 Å². The predicted octanol–water partition coefficient (Wildman–Crippen LogP) is 2.36. The van der Waals surface area contributed by atoms with Crippen molar-refractivity contribution < 1.29 is 4.79 Å². The van der Waals surface area contributed by atoms with Gasteiger partial charge in [0.1, 0.15) is 9.88 Å². The van der Waals surface area contributed by atoms with Gasteiger partial charge in [-0.25, -0.2) is 9.67 Å². The summed E-state index contributed by atoms with van der Waals surface area (Å²) in [5.41, 5.74) is 2.60. The lowest BCUT2D eigenvalue weighted by molar-refractivity contribution is 0.0939. The molecule has 7 heteroatoms. The van der Waals surface area contributed by atoms with E-state index in [-0.39, 0.29) is 17.5 Å². The minimum absolute atomic E-state index is 0.101. The summed E-state index contributed by atoms with van der Waals surface area (Å²) < 4.78 is 1.32. The highest BCUT2D eigenvalue weighted by molar-refractivity contribution is 7.17. The largest absolute Gasteiger partial charge is 0.349 e. The second-order valence-electron chi connectivity index (χ2n) is 6.55. The van der Waals surface area contributed by atoms with Crippen molar-refractivity contribution in [2.24, 2.45) is 13.0 Å². The standard InChI is InChI=1S/C17H22N4O2S/c1-8-9(2)20-21(5)17(23)13(8)16-19-11(4)14(24-16)15(22)18-10(3)12-6-7-12/h10,12H,6-7H2,1-5H3,(H,18,22)/t10-/m1/s1. The van der Waals surface area contributed by atoms with Gasteiger partial charge in [0.15, 0.2) is 0 Å². The van der Waals surface area contributed by atoms with Crippen LogP contribution in [-0.2, 0) is 7.05 Å². The lowest BCUT2D eigenvalue weighted by Crippen LogP contribution is -2.33. The van der Waals surface area contributed by atoms with Gasteiger partial charge in [-0.05, 0) is 52.0 Å². The van der Waals surface area contributed by atoms with Gasteiger partial charge in [0, 0.05) is 13.1 Å². The minimum Gasteiger partial charge on any atom is -0.349 e. The van der Waals surface area contributed by atoms with Gasteiger partial charge < -0.3 is 5.32 Å². The zero-order valence-electron chi connectivity index (χ0n) is 14.6. The molecule has 1 amide bonds.